The summed E-state index contributed by atoms with van der Waals surface area (Å²) in [6, 6.07) is 23.8. The van der Waals surface area contributed by atoms with Crippen LogP contribution in [0.3, 0.4) is 0 Å². The van der Waals surface area contributed by atoms with Crippen LogP contribution in [0.1, 0.15) is 5.56 Å². The van der Waals surface area contributed by atoms with E-state index in [1.165, 1.54) is 11.3 Å². The fourth-order valence-corrected chi connectivity index (χ4v) is 4.17. The number of nitrogens with zero attached hydrogens (tertiary/aromatic N) is 3. The van der Waals surface area contributed by atoms with Crippen molar-refractivity contribution in [1.29, 1.82) is 0 Å². The molecule has 0 bridgehead atoms. The van der Waals surface area contributed by atoms with Crippen LogP contribution in [0.25, 0.3) is 16.9 Å². The topological polar surface area (TPSA) is 57.3 Å². The molecule has 2 heterocycles. The second-order valence-electron chi connectivity index (χ2n) is 6.76. The zero-order chi connectivity index (χ0) is 21.0. The molecule has 0 atom stereocenters. The number of rotatable bonds is 5. The molecule has 0 N–H and O–H groups in total. The number of aromatic nitrogens is 1. The van der Waals surface area contributed by atoms with Gasteiger partial charge in [0.1, 0.15) is 5.75 Å². The van der Waals surface area contributed by atoms with E-state index < -0.39 is 0 Å². The molecule has 31 heavy (non-hydrogen) atoms. The molecule has 0 aliphatic carbocycles. The Balaban J connectivity index is 1.54. The molecule has 0 amide bonds. The number of methoxy groups -OCH3 is 1. The summed E-state index contributed by atoms with van der Waals surface area (Å²) in [5.74, 6) is 2.29. The summed E-state index contributed by atoms with van der Waals surface area (Å²) in [5.41, 5.74) is 4.02. The van der Waals surface area contributed by atoms with E-state index in [1.807, 2.05) is 60.7 Å². The fraction of sp³-hybridized carbons (Fsp3) is 0.0833. The Morgan fingerprint density at radius 2 is 1.77 bits per heavy atom. The van der Waals surface area contributed by atoms with E-state index in [0.29, 0.717) is 0 Å². The lowest BCUT2D eigenvalue weighted by Crippen LogP contribution is -2.13. The summed E-state index contributed by atoms with van der Waals surface area (Å²) < 4.78 is 18.2. The zero-order valence-corrected chi connectivity index (χ0v) is 17.6. The van der Waals surface area contributed by atoms with Crippen molar-refractivity contribution in [3.05, 3.63) is 88.5 Å². The van der Waals surface area contributed by atoms with Gasteiger partial charge in [0.05, 0.1) is 19.0 Å². The maximum Gasteiger partial charge on any atom is 0.231 e. The molecule has 0 fully saturated rings. The van der Waals surface area contributed by atoms with Crippen molar-refractivity contribution in [3.63, 3.8) is 0 Å². The molecule has 1 aliphatic heterocycles. The van der Waals surface area contributed by atoms with Gasteiger partial charge in [-0.15, -0.1) is 16.4 Å². The summed E-state index contributed by atoms with van der Waals surface area (Å²) in [5, 5.41) is 10.9. The molecular formula is C24H19N3O3S. The normalized spacial score (nSPS) is 13.1. The van der Waals surface area contributed by atoms with Gasteiger partial charge in [0.15, 0.2) is 11.5 Å². The third kappa shape index (κ3) is 3.95. The van der Waals surface area contributed by atoms with Crippen molar-refractivity contribution in [3.8, 4) is 34.2 Å². The monoisotopic (exact) mass is 429 g/mol. The Kier molecular flexibility index (Phi) is 5.24. The van der Waals surface area contributed by atoms with Crippen LogP contribution in [0.4, 0.5) is 0 Å². The molecule has 0 spiro atoms. The average molecular weight is 430 g/mol. The first kappa shape index (κ1) is 19.1. The first-order valence-electron chi connectivity index (χ1n) is 9.69. The molecule has 0 saturated carbocycles. The molecule has 4 aromatic rings. The largest absolute Gasteiger partial charge is 0.497 e. The average Bonchev–Trinajstić information content (AvgIpc) is 3.46. The quantitative estimate of drug-likeness (QED) is 0.336. The van der Waals surface area contributed by atoms with Crippen molar-refractivity contribution in [2.24, 2.45) is 10.2 Å². The fourth-order valence-electron chi connectivity index (χ4n) is 3.31. The molecule has 0 saturated heterocycles. The SMILES string of the molecule is COc1ccc(-c2cs/c(=N/N=C/c3ccc4c(c3)OCO4)n2-c2ccccc2)cc1. The Morgan fingerprint density at radius 1 is 0.968 bits per heavy atom. The second-order valence-corrected chi connectivity index (χ2v) is 7.60. The summed E-state index contributed by atoms with van der Waals surface area (Å²) in [7, 11) is 1.67. The van der Waals surface area contributed by atoms with E-state index in [2.05, 4.69) is 32.3 Å². The summed E-state index contributed by atoms with van der Waals surface area (Å²) in [6.45, 7) is 0.251. The van der Waals surface area contributed by atoms with Crippen molar-refractivity contribution >= 4 is 17.6 Å². The smallest absolute Gasteiger partial charge is 0.231 e. The molecule has 0 radical (unpaired) electrons. The first-order chi connectivity index (χ1) is 15.3. The number of para-hydroxylation sites is 1. The minimum absolute atomic E-state index is 0.251. The molecule has 6 nitrogen and oxygen atoms in total. The standard InChI is InChI=1S/C24H19N3O3S/c1-28-20-10-8-18(9-11-20)21-15-31-24(27(21)19-5-3-2-4-6-19)26-25-14-17-7-12-22-23(13-17)30-16-29-22/h2-15H,16H2,1H3/b25-14+,26-24+. The molecule has 1 aliphatic rings. The van der Waals surface area contributed by atoms with Gasteiger partial charge >= 0.3 is 0 Å². The van der Waals surface area contributed by atoms with Gasteiger partial charge in [0.25, 0.3) is 0 Å². The highest BCUT2D eigenvalue weighted by atomic mass is 32.1. The van der Waals surface area contributed by atoms with E-state index >= 15 is 0 Å². The van der Waals surface area contributed by atoms with Crippen LogP contribution >= 0.6 is 11.3 Å². The summed E-state index contributed by atoms with van der Waals surface area (Å²) in [6.07, 6.45) is 1.71. The maximum absolute atomic E-state index is 5.42. The van der Waals surface area contributed by atoms with Crippen LogP contribution in [0.2, 0.25) is 0 Å². The van der Waals surface area contributed by atoms with Gasteiger partial charge in [-0.1, -0.05) is 18.2 Å². The molecule has 154 valence electrons. The van der Waals surface area contributed by atoms with Crippen LogP contribution in [-0.4, -0.2) is 24.7 Å². The lowest BCUT2D eigenvalue weighted by Gasteiger charge is -2.09. The van der Waals surface area contributed by atoms with Gasteiger partial charge in [-0.05, 0) is 65.7 Å². The van der Waals surface area contributed by atoms with Gasteiger partial charge in [-0.3, -0.25) is 4.57 Å². The van der Waals surface area contributed by atoms with E-state index in [9.17, 15) is 0 Å². The van der Waals surface area contributed by atoms with Crippen molar-refractivity contribution in [1.82, 2.24) is 4.57 Å². The number of hydrogen-bond acceptors (Lipinski definition) is 6. The Morgan fingerprint density at radius 3 is 2.58 bits per heavy atom. The van der Waals surface area contributed by atoms with E-state index in [4.69, 9.17) is 14.2 Å². The Bertz CT molecular complexity index is 1290. The van der Waals surface area contributed by atoms with Gasteiger partial charge in [-0.2, -0.15) is 5.10 Å². The summed E-state index contributed by atoms with van der Waals surface area (Å²) in [4.78, 5) is 0.772. The highest BCUT2D eigenvalue weighted by Crippen LogP contribution is 2.32. The third-order valence-corrected chi connectivity index (χ3v) is 5.67. The van der Waals surface area contributed by atoms with Gasteiger partial charge in [-0.25, -0.2) is 0 Å². The lowest BCUT2D eigenvalue weighted by molar-refractivity contribution is 0.174. The number of ether oxygens (including phenoxy) is 3. The maximum atomic E-state index is 5.42. The van der Waals surface area contributed by atoms with Crippen LogP contribution < -0.4 is 19.0 Å². The van der Waals surface area contributed by atoms with Crippen LogP contribution in [0.15, 0.2) is 88.4 Å². The molecule has 0 unspecified atom stereocenters. The minimum Gasteiger partial charge on any atom is -0.497 e. The number of benzene rings is 3. The molecule has 5 rings (SSSR count). The van der Waals surface area contributed by atoms with Crippen molar-refractivity contribution < 1.29 is 14.2 Å². The molecular weight excluding hydrogens is 410 g/mol. The third-order valence-electron chi connectivity index (χ3n) is 4.86. The van der Waals surface area contributed by atoms with Crippen LogP contribution in [0.5, 0.6) is 17.2 Å². The number of fused-ring (bicyclic) bond motifs is 1. The van der Waals surface area contributed by atoms with Crippen LogP contribution in [-0.2, 0) is 0 Å². The first-order valence-corrected chi connectivity index (χ1v) is 10.6. The number of hydrogen-bond donors (Lipinski definition) is 0. The molecule has 7 heteroatoms. The van der Waals surface area contributed by atoms with Crippen molar-refractivity contribution in [2.45, 2.75) is 0 Å². The Hall–Kier alpha value is -3.84. The highest BCUT2D eigenvalue weighted by molar-refractivity contribution is 7.07. The van der Waals surface area contributed by atoms with Crippen LogP contribution in [0, 0.1) is 0 Å². The van der Waals surface area contributed by atoms with E-state index in [-0.39, 0.29) is 6.79 Å². The minimum atomic E-state index is 0.251. The van der Waals surface area contributed by atoms with Gasteiger partial charge in [0, 0.05) is 11.1 Å². The predicted octanol–water partition coefficient (Wildman–Crippen LogP) is 4.88. The molecule has 1 aromatic heterocycles. The number of thiazole rings is 1. The lowest BCUT2D eigenvalue weighted by atomic mass is 10.1. The molecule has 3 aromatic carbocycles. The highest BCUT2D eigenvalue weighted by Gasteiger charge is 2.13. The van der Waals surface area contributed by atoms with E-state index in [1.54, 1.807) is 13.3 Å². The Labute approximate surface area is 183 Å². The van der Waals surface area contributed by atoms with Crippen molar-refractivity contribution in [2.75, 3.05) is 13.9 Å². The van der Waals surface area contributed by atoms with Gasteiger partial charge < -0.3 is 14.2 Å². The predicted molar refractivity (Wildman–Crippen MR) is 121 cm³/mol. The van der Waals surface area contributed by atoms with Gasteiger partial charge in [0.2, 0.25) is 11.6 Å². The summed E-state index contributed by atoms with van der Waals surface area (Å²) >= 11 is 1.54. The second kappa shape index (κ2) is 8.49. The van der Waals surface area contributed by atoms with E-state index in [0.717, 1.165) is 44.6 Å². The zero-order valence-electron chi connectivity index (χ0n) is 16.8.